The number of nitrogens with zero attached hydrogens (tertiary/aromatic N) is 5. The van der Waals surface area contributed by atoms with Gasteiger partial charge in [0, 0.05) is 39.1 Å². The Morgan fingerprint density at radius 3 is 3.05 bits per heavy atom. The molecule has 0 aromatic carbocycles. The number of piperazine rings is 1. The number of methoxy groups -OCH3 is 1. The maximum absolute atomic E-state index is 12.6. The van der Waals surface area contributed by atoms with Gasteiger partial charge in [-0.25, -0.2) is 9.50 Å². The molecule has 0 N–H and O–H groups in total. The molecule has 2 aromatic heterocycles. The van der Waals surface area contributed by atoms with E-state index in [1.807, 2.05) is 0 Å². The fourth-order valence-electron chi connectivity index (χ4n) is 2.47. The zero-order valence-corrected chi connectivity index (χ0v) is 12.3. The summed E-state index contributed by atoms with van der Waals surface area (Å²) in [7, 11) is 1.60. The summed E-state index contributed by atoms with van der Waals surface area (Å²) in [5, 5.41) is 4.10. The van der Waals surface area contributed by atoms with Crippen LogP contribution in [-0.4, -0.2) is 76.1 Å². The van der Waals surface area contributed by atoms with E-state index in [-0.39, 0.29) is 18.4 Å². The van der Waals surface area contributed by atoms with E-state index in [0.29, 0.717) is 37.5 Å². The summed E-state index contributed by atoms with van der Waals surface area (Å²) >= 11 is 0. The van der Waals surface area contributed by atoms with Gasteiger partial charge in [0.05, 0.1) is 12.8 Å². The number of fused-ring (bicyclic) bond motifs is 1. The molecular formula is C14H17N5O3. The van der Waals surface area contributed by atoms with Gasteiger partial charge in [0.1, 0.15) is 12.1 Å². The third-order valence-corrected chi connectivity index (χ3v) is 3.68. The average molecular weight is 303 g/mol. The zero-order chi connectivity index (χ0) is 15.5. The molecule has 1 saturated heterocycles. The molecule has 0 spiro atoms. The van der Waals surface area contributed by atoms with E-state index in [2.05, 4.69) is 10.1 Å². The molecule has 2 aromatic rings. The summed E-state index contributed by atoms with van der Waals surface area (Å²) in [6, 6.07) is 1.74. The van der Waals surface area contributed by atoms with E-state index in [4.69, 9.17) is 4.74 Å². The molecule has 1 aliphatic rings. The van der Waals surface area contributed by atoms with Gasteiger partial charge in [0.15, 0.2) is 5.65 Å². The Balaban J connectivity index is 1.73. The van der Waals surface area contributed by atoms with Gasteiger partial charge in [-0.05, 0) is 6.07 Å². The Hall–Kier alpha value is -2.48. The van der Waals surface area contributed by atoms with Crippen LogP contribution in [0.4, 0.5) is 0 Å². The molecule has 8 heteroatoms. The van der Waals surface area contributed by atoms with Gasteiger partial charge >= 0.3 is 0 Å². The van der Waals surface area contributed by atoms with Crippen molar-refractivity contribution in [2.75, 3.05) is 39.9 Å². The second kappa shape index (κ2) is 6.10. The topological polar surface area (TPSA) is 80.0 Å². The lowest BCUT2D eigenvalue weighted by Crippen LogP contribution is -2.52. The first-order valence-corrected chi connectivity index (χ1v) is 7.05. The normalized spacial score (nSPS) is 15.6. The van der Waals surface area contributed by atoms with Crippen molar-refractivity contribution in [3.05, 3.63) is 30.2 Å². The van der Waals surface area contributed by atoms with Crippen molar-refractivity contribution in [2.24, 2.45) is 0 Å². The first-order chi connectivity index (χ1) is 10.7. The highest BCUT2D eigenvalue weighted by molar-refractivity contribution is 6.01. The lowest BCUT2D eigenvalue weighted by atomic mass is 10.2. The fraction of sp³-hybridized carbons (Fsp3) is 0.429. The Morgan fingerprint density at radius 2 is 2.27 bits per heavy atom. The summed E-state index contributed by atoms with van der Waals surface area (Å²) in [5.74, 6) is -0.283. The summed E-state index contributed by atoms with van der Waals surface area (Å²) < 4.78 is 6.53. The fourth-order valence-corrected chi connectivity index (χ4v) is 2.47. The molecular weight excluding hydrogens is 286 g/mol. The zero-order valence-electron chi connectivity index (χ0n) is 12.3. The Labute approximate surface area is 127 Å². The summed E-state index contributed by atoms with van der Waals surface area (Å²) in [6.07, 6.45) is 4.83. The van der Waals surface area contributed by atoms with Gasteiger partial charge in [0.2, 0.25) is 5.91 Å². The molecule has 0 saturated carbocycles. The van der Waals surface area contributed by atoms with Crippen molar-refractivity contribution in [3.63, 3.8) is 0 Å². The molecule has 0 atom stereocenters. The van der Waals surface area contributed by atoms with Crippen LogP contribution >= 0.6 is 0 Å². The van der Waals surface area contributed by atoms with Crippen LogP contribution in [-0.2, 0) is 9.53 Å². The van der Waals surface area contributed by atoms with Gasteiger partial charge in [-0.15, -0.1) is 0 Å². The summed E-state index contributed by atoms with van der Waals surface area (Å²) in [6.45, 7) is 2.14. The highest BCUT2D eigenvalue weighted by atomic mass is 16.5. The van der Waals surface area contributed by atoms with E-state index in [1.54, 1.807) is 35.0 Å². The van der Waals surface area contributed by atoms with Crippen LogP contribution in [0.5, 0.6) is 0 Å². The molecule has 0 radical (unpaired) electrons. The lowest BCUT2D eigenvalue weighted by Gasteiger charge is -2.34. The van der Waals surface area contributed by atoms with Crippen molar-refractivity contribution in [1.29, 1.82) is 0 Å². The minimum atomic E-state index is -0.214. The van der Waals surface area contributed by atoms with Crippen molar-refractivity contribution < 1.29 is 14.3 Å². The predicted octanol–water partition coefficient (Wildman–Crippen LogP) is -0.340. The Bertz CT molecular complexity index is 699. The number of amides is 2. The molecule has 0 aliphatic carbocycles. The lowest BCUT2D eigenvalue weighted by molar-refractivity contribution is -0.135. The van der Waals surface area contributed by atoms with Crippen molar-refractivity contribution >= 4 is 17.5 Å². The van der Waals surface area contributed by atoms with Gasteiger partial charge < -0.3 is 14.5 Å². The molecule has 3 heterocycles. The van der Waals surface area contributed by atoms with Gasteiger partial charge in [0.25, 0.3) is 5.91 Å². The summed E-state index contributed by atoms with van der Waals surface area (Å²) in [5.41, 5.74) is 0.917. The average Bonchev–Trinajstić information content (AvgIpc) is 2.97. The smallest absolute Gasteiger partial charge is 0.259 e. The van der Waals surface area contributed by atoms with Crippen LogP contribution < -0.4 is 0 Å². The highest BCUT2D eigenvalue weighted by Crippen LogP contribution is 2.13. The first-order valence-electron chi connectivity index (χ1n) is 7.05. The molecule has 1 aliphatic heterocycles. The Kier molecular flexibility index (Phi) is 4.01. The SMILES string of the molecule is COCCN1CCN(C(=O)c2cnn3cccnc23)CC1=O. The third kappa shape index (κ3) is 2.64. The molecule has 0 unspecified atom stereocenters. The van der Waals surface area contributed by atoms with Gasteiger partial charge in [-0.1, -0.05) is 0 Å². The Morgan fingerprint density at radius 1 is 1.41 bits per heavy atom. The molecule has 3 rings (SSSR count). The third-order valence-electron chi connectivity index (χ3n) is 3.68. The minimum absolute atomic E-state index is 0.0684. The van der Waals surface area contributed by atoms with Crippen LogP contribution in [0.2, 0.25) is 0 Å². The van der Waals surface area contributed by atoms with Crippen LogP contribution in [0.15, 0.2) is 24.7 Å². The van der Waals surface area contributed by atoms with Gasteiger partial charge in [-0.3, -0.25) is 9.59 Å². The number of hydrogen-bond acceptors (Lipinski definition) is 5. The minimum Gasteiger partial charge on any atom is -0.383 e. The van der Waals surface area contributed by atoms with Crippen LogP contribution in [0.25, 0.3) is 5.65 Å². The van der Waals surface area contributed by atoms with E-state index >= 15 is 0 Å². The number of ether oxygens (including phenoxy) is 1. The molecule has 8 nitrogen and oxygen atoms in total. The maximum atomic E-state index is 12.6. The number of aromatic nitrogens is 3. The van der Waals surface area contributed by atoms with Crippen LogP contribution in [0, 0.1) is 0 Å². The van der Waals surface area contributed by atoms with Crippen molar-refractivity contribution in [1.82, 2.24) is 24.4 Å². The number of hydrogen-bond donors (Lipinski definition) is 0. The maximum Gasteiger partial charge on any atom is 0.259 e. The second-order valence-electron chi connectivity index (χ2n) is 5.05. The van der Waals surface area contributed by atoms with Crippen LogP contribution in [0.1, 0.15) is 10.4 Å². The number of carbonyl (C=O) groups is 2. The van der Waals surface area contributed by atoms with E-state index < -0.39 is 0 Å². The van der Waals surface area contributed by atoms with Gasteiger partial charge in [-0.2, -0.15) is 5.10 Å². The summed E-state index contributed by atoms with van der Waals surface area (Å²) in [4.78, 5) is 32.1. The number of rotatable bonds is 4. The molecule has 22 heavy (non-hydrogen) atoms. The molecule has 1 fully saturated rings. The van der Waals surface area contributed by atoms with Crippen molar-refractivity contribution in [3.8, 4) is 0 Å². The molecule has 2 amide bonds. The van der Waals surface area contributed by atoms with Crippen molar-refractivity contribution in [2.45, 2.75) is 0 Å². The standard InChI is InChI=1S/C14H17N5O3/c1-22-8-7-17-5-6-18(10-12(17)20)14(21)11-9-16-19-4-2-3-15-13(11)19/h2-4,9H,5-8,10H2,1H3. The quantitative estimate of drug-likeness (QED) is 0.772. The largest absolute Gasteiger partial charge is 0.383 e. The molecule has 116 valence electrons. The van der Waals surface area contributed by atoms with Crippen LogP contribution in [0.3, 0.4) is 0 Å². The molecule has 0 bridgehead atoms. The second-order valence-corrected chi connectivity index (χ2v) is 5.05. The first kappa shape index (κ1) is 14.5. The number of carbonyl (C=O) groups excluding carboxylic acids is 2. The monoisotopic (exact) mass is 303 g/mol. The predicted molar refractivity (Wildman–Crippen MR) is 77.3 cm³/mol. The van der Waals surface area contributed by atoms with E-state index in [1.165, 1.54) is 11.1 Å². The van der Waals surface area contributed by atoms with E-state index in [9.17, 15) is 9.59 Å². The van der Waals surface area contributed by atoms with E-state index in [0.717, 1.165) is 0 Å². The highest BCUT2D eigenvalue weighted by Gasteiger charge is 2.29.